The minimum Gasteiger partial charge on any atom is -0.355 e. The van der Waals surface area contributed by atoms with E-state index in [0.29, 0.717) is 12.5 Å². The number of piperazine rings is 1. The highest BCUT2D eigenvalue weighted by atomic mass is 35.5. The number of amides is 1. The van der Waals surface area contributed by atoms with Gasteiger partial charge in [-0.25, -0.2) is 0 Å². The maximum Gasteiger partial charge on any atom is 0.220 e. The Hall–Kier alpha value is -1.10. The van der Waals surface area contributed by atoms with E-state index < -0.39 is 0 Å². The van der Waals surface area contributed by atoms with Gasteiger partial charge in [-0.2, -0.15) is 0 Å². The van der Waals surface area contributed by atoms with Crippen LogP contribution in [-0.2, 0) is 10.2 Å². The molecule has 138 valence electrons. The van der Waals surface area contributed by atoms with E-state index in [1.54, 1.807) is 0 Å². The maximum atomic E-state index is 12.3. The van der Waals surface area contributed by atoms with Crippen molar-refractivity contribution in [3.05, 3.63) is 34.9 Å². The molecule has 2 aliphatic rings. The van der Waals surface area contributed by atoms with Crippen molar-refractivity contribution < 1.29 is 4.79 Å². The van der Waals surface area contributed by atoms with Crippen molar-refractivity contribution in [2.24, 2.45) is 0 Å². The van der Waals surface area contributed by atoms with Gasteiger partial charge < -0.3 is 10.2 Å². The molecule has 4 nitrogen and oxygen atoms in total. The van der Waals surface area contributed by atoms with Crippen molar-refractivity contribution in [2.45, 2.75) is 44.1 Å². The second-order valence-corrected chi connectivity index (χ2v) is 8.23. The van der Waals surface area contributed by atoms with Crippen molar-refractivity contribution in [3.63, 3.8) is 0 Å². The summed E-state index contributed by atoms with van der Waals surface area (Å²) in [5.74, 6) is 0.182. The van der Waals surface area contributed by atoms with Gasteiger partial charge in [0.2, 0.25) is 5.91 Å². The molecule has 0 aromatic heterocycles. The zero-order chi connectivity index (χ0) is 17.9. The van der Waals surface area contributed by atoms with E-state index in [1.165, 1.54) is 5.56 Å². The number of carbonyl (C=O) groups is 1. The highest BCUT2D eigenvalue weighted by Crippen LogP contribution is 2.47. The van der Waals surface area contributed by atoms with E-state index in [1.807, 2.05) is 12.1 Å². The van der Waals surface area contributed by atoms with Gasteiger partial charge in [-0.3, -0.25) is 9.69 Å². The Morgan fingerprint density at radius 1 is 1.20 bits per heavy atom. The predicted molar refractivity (Wildman–Crippen MR) is 103 cm³/mol. The molecule has 1 saturated heterocycles. The van der Waals surface area contributed by atoms with Crippen LogP contribution in [0.1, 0.15) is 38.2 Å². The molecular formula is C20H30ClN3O. The molecular weight excluding hydrogens is 334 g/mol. The second-order valence-electron chi connectivity index (χ2n) is 7.79. The molecule has 1 aromatic rings. The molecule has 3 rings (SSSR count). The molecule has 0 radical (unpaired) electrons. The molecule has 1 amide bonds. The average Bonchev–Trinajstić information content (AvgIpc) is 3.40. The van der Waals surface area contributed by atoms with Gasteiger partial charge in [0.25, 0.3) is 0 Å². The number of benzene rings is 1. The van der Waals surface area contributed by atoms with Crippen LogP contribution in [0.5, 0.6) is 0 Å². The number of carbonyl (C=O) groups excluding carboxylic acids is 1. The first-order valence-electron chi connectivity index (χ1n) is 9.44. The lowest BCUT2D eigenvalue weighted by Gasteiger charge is -2.36. The summed E-state index contributed by atoms with van der Waals surface area (Å²) in [6.45, 7) is 7.46. The molecule has 0 unspecified atom stereocenters. The van der Waals surface area contributed by atoms with Gasteiger partial charge in [0.05, 0.1) is 0 Å². The molecule has 1 aromatic carbocycles. The van der Waals surface area contributed by atoms with E-state index in [0.717, 1.165) is 57.0 Å². The first kappa shape index (κ1) is 18.7. The minimum atomic E-state index is 0.142. The van der Waals surface area contributed by atoms with Crippen molar-refractivity contribution in [2.75, 3.05) is 39.8 Å². The minimum absolute atomic E-state index is 0.142. The summed E-state index contributed by atoms with van der Waals surface area (Å²) in [4.78, 5) is 17.1. The average molecular weight is 364 g/mol. The molecule has 5 heteroatoms. The first-order chi connectivity index (χ1) is 12.0. The fourth-order valence-electron chi connectivity index (χ4n) is 3.66. The molecule has 1 saturated carbocycles. The number of likely N-dealkylation sites (N-methyl/N-ethyl adjacent to an activating group) is 1. The zero-order valence-electron chi connectivity index (χ0n) is 15.4. The Labute approximate surface area is 156 Å². The van der Waals surface area contributed by atoms with Gasteiger partial charge in [-0.15, -0.1) is 0 Å². The Morgan fingerprint density at radius 3 is 2.44 bits per heavy atom. The predicted octanol–water partition coefficient (Wildman–Crippen LogP) is 2.90. The number of nitrogens with one attached hydrogen (secondary N) is 1. The SMILES string of the molecule is C[C@H](CCC(=O)NCC1(c2ccc(Cl)cc2)CC1)N1CCN(C)CC1. The Kier molecular flexibility index (Phi) is 6.03. The lowest BCUT2D eigenvalue weighted by Crippen LogP contribution is -2.48. The van der Waals surface area contributed by atoms with Gasteiger partial charge in [0, 0.05) is 55.6 Å². The smallest absolute Gasteiger partial charge is 0.220 e. The number of rotatable bonds is 7. The van der Waals surface area contributed by atoms with Crippen molar-refractivity contribution in [3.8, 4) is 0 Å². The fraction of sp³-hybridized carbons (Fsp3) is 0.650. The maximum absolute atomic E-state index is 12.3. The Balaban J connectivity index is 1.40. The molecule has 1 atom stereocenters. The van der Waals surface area contributed by atoms with Crippen LogP contribution in [0.15, 0.2) is 24.3 Å². The third-order valence-electron chi connectivity index (χ3n) is 5.88. The van der Waals surface area contributed by atoms with Crippen LogP contribution < -0.4 is 5.32 Å². The summed E-state index contributed by atoms with van der Waals surface area (Å²) in [5, 5.41) is 3.93. The van der Waals surface area contributed by atoms with Crippen LogP contribution in [-0.4, -0.2) is 61.5 Å². The number of hydrogen-bond donors (Lipinski definition) is 1. The molecule has 1 aliphatic carbocycles. The van der Waals surface area contributed by atoms with Crippen molar-refractivity contribution >= 4 is 17.5 Å². The summed E-state index contributed by atoms with van der Waals surface area (Å²) in [5.41, 5.74) is 1.44. The van der Waals surface area contributed by atoms with E-state index in [2.05, 4.69) is 41.2 Å². The summed E-state index contributed by atoms with van der Waals surface area (Å²) in [6.07, 6.45) is 3.84. The van der Waals surface area contributed by atoms with Crippen molar-refractivity contribution in [1.82, 2.24) is 15.1 Å². The van der Waals surface area contributed by atoms with Gasteiger partial charge in [-0.05, 0) is 50.9 Å². The largest absolute Gasteiger partial charge is 0.355 e. The summed E-state index contributed by atoms with van der Waals surface area (Å²) in [6, 6.07) is 8.55. The van der Waals surface area contributed by atoms with Gasteiger partial charge in [0.15, 0.2) is 0 Å². The lowest BCUT2D eigenvalue weighted by atomic mass is 9.96. The molecule has 0 bridgehead atoms. The monoisotopic (exact) mass is 363 g/mol. The van der Waals surface area contributed by atoms with Crippen molar-refractivity contribution in [1.29, 1.82) is 0 Å². The van der Waals surface area contributed by atoms with Crippen LogP contribution in [0.2, 0.25) is 5.02 Å². The van der Waals surface area contributed by atoms with E-state index in [-0.39, 0.29) is 11.3 Å². The molecule has 1 aliphatic heterocycles. The summed E-state index contributed by atoms with van der Waals surface area (Å²) in [7, 11) is 2.17. The molecule has 0 spiro atoms. The van der Waals surface area contributed by atoms with Crippen LogP contribution in [0, 0.1) is 0 Å². The Bertz CT molecular complexity index is 577. The molecule has 1 heterocycles. The van der Waals surface area contributed by atoms with Gasteiger partial charge in [0.1, 0.15) is 0 Å². The van der Waals surface area contributed by atoms with E-state index in [9.17, 15) is 4.79 Å². The summed E-state index contributed by atoms with van der Waals surface area (Å²) < 4.78 is 0. The van der Waals surface area contributed by atoms with E-state index >= 15 is 0 Å². The molecule has 25 heavy (non-hydrogen) atoms. The van der Waals surface area contributed by atoms with Crippen LogP contribution in [0.25, 0.3) is 0 Å². The van der Waals surface area contributed by atoms with Crippen LogP contribution in [0.4, 0.5) is 0 Å². The number of hydrogen-bond acceptors (Lipinski definition) is 3. The van der Waals surface area contributed by atoms with Crippen LogP contribution in [0.3, 0.4) is 0 Å². The third-order valence-corrected chi connectivity index (χ3v) is 6.14. The standard InChI is InChI=1S/C20H30ClN3O/c1-16(24-13-11-23(2)12-14-24)3-8-19(25)22-15-20(9-10-20)17-4-6-18(21)7-5-17/h4-7,16H,3,8-15H2,1-2H3,(H,22,25)/t16-/m1/s1. The normalized spacial score (nSPS) is 21.7. The second kappa shape index (κ2) is 8.07. The summed E-state index contributed by atoms with van der Waals surface area (Å²) >= 11 is 5.98. The number of nitrogens with zero attached hydrogens (tertiary/aromatic N) is 2. The van der Waals surface area contributed by atoms with Gasteiger partial charge in [-0.1, -0.05) is 23.7 Å². The quantitative estimate of drug-likeness (QED) is 0.809. The first-order valence-corrected chi connectivity index (χ1v) is 9.82. The third kappa shape index (κ3) is 4.96. The topological polar surface area (TPSA) is 35.6 Å². The fourth-order valence-corrected chi connectivity index (χ4v) is 3.79. The van der Waals surface area contributed by atoms with E-state index in [4.69, 9.17) is 11.6 Å². The molecule has 2 fully saturated rings. The highest BCUT2D eigenvalue weighted by molar-refractivity contribution is 6.30. The highest BCUT2D eigenvalue weighted by Gasteiger charge is 2.44. The van der Waals surface area contributed by atoms with Gasteiger partial charge >= 0.3 is 0 Å². The number of halogens is 1. The zero-order valence-corrected chi connectivity index (χ0v) is 16.2. The molecule has 1 N–H and O–H groups in total. The lowest BCUT2D eigenvalue weighted by molar-refractivity contribution is -0.121. The van der Waals surface area contributed by atoms with Crippen LogP contribution >= 0.6 is 11.6 Å². The Morgan fingerprint density at radius 2 is 1.84 bits per heavy atom.